The van der Waals surface area contributed by atoms with Gasteiger partial charge in [0.05, 0.1) is 30.3 Å². The highest BCUT2D eigenvalue weighted by Gasteiger charge is 2.22. The molecule has 3 rings (SSSR count). The van der Waals surface area contributed by atoms with E-state index < -0.39 is 16.0 Å². The van der Waals surface area contributed by atoms with Crippen molar-refractivity contribution in [3.8, 4) is 0 Å². The highest BCUT2D eigenvalue weighted by Crippen LogP contribution is 2.18. The van der Waals surface area contributed by atoms with E-state index in [2.05, 4.69) is 9.84 Å². The number of rotatable bonds is 7. The van der Waals surface area contributed by atoms with E-state index in [9.17, 15) is 13.2 Å². The van der Waals surface area contributed by atoms with Gasteiger partial charge in [-0.15, -0.1) is 0 Å². The monoisotopic (exact) mass is 399 g/mol. The molecule has 3 aromatic rings. The molecule has 146 valence electrons. The summed E-state index contributed by atoms with van der Waals surface area (Å²) in [6, 6.07) is 15.6. The average molecular weight is 399 g/mol. The Labute approximate surface area is 164 Å². The second-order valence-electron chi connectivity index (χ2n) is 6.31. The van der Waals surface area contributed by atoms with E-state index in [0.717, 1.165) is 11.1 Å². The molecule has 0 saturated heterocycles. The van der Waals surface area contributed by atoms with Gasteiger partial charge in [0, 0.05) is 25.4 Å². The van der Waals surface area contributed by atoms with Crippen LogP contribution < -0.4 is 0 Å². The summed E-state index contributed by atoms with van der Waals surface area (Å²) in [6.45, 7) is 0.808. The first-order valence-corrected chi connectivity index (χ1v) is 10.0. The topological polar surface area (TPSA) is 81.5 Å². The summed E-state index contributed by atoms with van der Waals surface area (Å²) >= 11 is 0. The number of ether oxygens (including phenoxy) is 1. The zero-order valence-electron chi connectivity index (χ0n) is 15.6. The van der Waals surface area contributed by atoms with E-state index in [1.54, 1.807) is 10.9 Å². The van der Waals surface area contributed by atoms with Crippen molar-refractivity contribution in [2.45, 2.75) is 18.0 Å². The maximum Gasteiger partial charge on any atom is 0.337 e. The molecule has 7 nitrogen and oxygen atoms in total. The number of sulfonamides is 1. The smallest absolute Gasteiger partial charge is 0.337 e. The fourth-order valence-electron chi connectivity index (χ4n) is 2.75. The Balaban J connectivity index is 1.69. The van der Waals surface area contributed by atoms with Crippen LogP contribution in [0.5, 0.6) is 0 Å². The van der Waals surface area contributed by atoms with E-state index in [-0.39, 0.29) is 11.4 Å². The van der Waals surface area contributed by atoms with E-state index in [1.807, 2.05) is 36.5 Å². The molecule has 0 aliphatic carbocycles. The van der Waals surface area contributed by atoms with E-state index in [4.69, 9.17) is 0 Å². The van der Waals surface area contributed by atoms with Gasteiger partial charge in [-0.1, -0.05) is 30.3 Å². The van der Waals surface area contributed by atoms with E-state index in [0.29, 0.717) is 12.1 Å². The molecule has 1 aromatic heterocycles. The lowest BCUT2D eigenvalue weighted by Crippen LogP contribution is -2.26. The molecule has 0 spiro atoms. The first-order valence-electron chi connectivity index (χ1n) is 8.60. The molecule has 0 bridgehead atoms. The van der Waals surface area contributed by atoms with Crippen LogP contribution in [-0.4, -0.2) is 42.6 Å². The molecule has 2 aromatic carbocycles. The highest BCUT2D eigenvalue weighted by atomic mass is 32.2. The fraction of sp³-hybridized carbons (Fsp3) is 0.200. The van der Waals surface area contributed by atoms with Crippen LogP contribution in [0.15, 0.2) is 71.9 Å². The van der Waals surface area contributed by atoms with Crippen LogP contribution in [0.1, 0.15) is 21.5 Å². The van der Waals surface area contributed by atoms with Gasteiger partial charge in [0.1, 0.15) is 0 Å². The SMILES string of the molecule is COC(=O)c1ccc(S(=O)(=O)N(C)Cc2cnn(Cc3ccccc3)c2)cc1. The third kappa shape index (κ3) is 4.47. The fourth-order valence-corrected chi connectivity index (χ4v) is 3.91. The summed E-state index contributed by atoms with van der Waals surface area (Å²) in [4.78, 5) is 11.6. The number of hydrogen-bond acceptors (Lipinski definition) is 5. The van der Waals surface area contributed by atoms with Crippen molar-refractivity contribution in [2.75, 3.05) is 14.2 Å². The molecule has 0 aliphatic heterocycles. The first-order chi connectivity index (χ1) is 13.4. The second-order valence-corrected chi connectivity index (χ2v) is 8.35. The molecule has 0 radical (unpaired) electrons. The van der Waals surface area contributed by atoms with Gasteiger partial charge in [-0.3, -0.25) is 4.68 Å². The number of carbonyl (C=O) groups excluding carboxylic acids is 1. The summed E-state index contributed by atoms with van der Waals surface area (Å²) in [6.07, 6.45) is 3.49. The zero-order valence-corrected chi connectivity index (χ0v) is 16.5. The molecule has 0 fully saturated rings. The van der Waals surface area contributed by atoms with Gasteiger partial charge in [-0.05, 0) is 29.8 Å². The molecule has 0 amide bonds. The average Bonchev–Trinajstić information content (AvgIpc) is 3.14. The number of aromatic nitrogens is 2. The highest BCUT2D eigenvalue weighted by molar-refractivity contribution is 7.89. The Bertz CT molecular complexity index is 1040. The Morgan fingerprint density at radius 1 is 1.07 bits per heavy atom. The van der Waals surface area contributed by atoms with Gasteiger partial charge >= 0.3 is 5.97 Å². The van der Waals surface area contributed by atoms with Crippen molar-refractivity contribution in [1.29, 1.82) is 0 Å². The minimum Gasteiger partial charge on any atom is -0.465 e. The largest absolute Gasteiger partial charge is 0.465 e. The second kappa shape index (κ2) is 8.37. The Hall–Kier alpha value is -2.97. The minimum absolute atomic E-state index is 0.110. The first kappa shape index (κ1) is 19.8. The Morgan fingerprint density at radius 3 is 2.39 bits per heavy atom. The van der Waals surface area contributed by atoms with Gasteiger partial charge in [-0.25, -0.2) is 13.2 Å². The standard InChI is InChI=1S/C20H21N3O4S/c1-22(28(25,26)19-10-8-18(9-11-19)20(24)27-2)13-17-12-21-23(15-17)14-16-6-4-3-5-7-16/h3-12,15H,13-14H2,1-2H3. The zero-order chi connectivity index (χ0) is 20.1. The van der Waals surface area contributed by atoms with Gasteiger partial charge in [0.25, 0.3) is 0 Å². The van der Waals surface area contributed by atoms with Crippen molar-refractivity contribution < 1.29 is 17.9 Å². The lowest BCUT2D eigenvalue weighted by atomic mass is 10.2. The molecule has 0 N–H and O–H groups in total. The molecule has 0 unspecified atom stereocenters. The normalized spacial score (nSPS) is 11.5. The third-order valence-corrected chi connectivity index (χ3v) is 6.08. The van der Waals surface area contributed by atoms with Gasteiger partial charge in [0.15, 0.2) is 0 Å². The summed E-state index contributed by atoms with van der Waals surface area (Å²) in [5.74, 6) is -0.511. The van der Waals surface area contributed by atoms with Crippen LogP contribution in [0.2, 0.25) is 0 Å². The molecule has 0 saturated carbocycles. The van der Waals surface area contributed by atoms with Gasteiger partial charge in [-0.2, -0.15) is 9.40 Å². The number of nitrogens with zero attached hydrogens (tertiary/aromatic N) is 3. The van der Waals surface area contributed by atoms with Gasteiger partial charge < -0.3 is 4.74 Å². The van der Waals surface area contributed by atoms with Crippen LogP contribution >= 0.6 is 0 Å². The number of benzene rings is 2. The van der Waals surface area contributed by atoms with Crippen molar-refractivity contribution in [3.05, 3.63) is 83.7 Å². The van der Waals surface area contributed by atoms with E-state index in [1.165, 1.54) is 42.7 Å². The predicted octanol–water partition coefficient (Wildman–Crippen LogP) is 2.54. The molecular formula is C20H21N3O4S. The maximum absolute atomic E-state index is 12.8. The number of methoxy groups -OCH3 is 1. The number of esters is 1. The summed E-state index contributed by atoms with van der Waals surface area (Å²) < 4.78 is 33.2. The molecule has 0 atom stereocenters. The lowest BCUT2D eigenvalue weighted by Gasteiger charge is -2.16. The van der Waals surface area contributed by atoms with Crippen molar-refractivity contribution >= 4 is 16.0 Å². The lowest BCUT2D eigenvalue weighted by molar-refractivity contribution is 0.0600. The van der Waals surface area contributed by atoms with Crippen LogP contribution in [0.4, 0.5) is 0 Å². The van der Waals surface area contributed by atoms with Gasteiger partial charge in [0.2, 0.25) is 10.0 Å². The molecule has 0 aliphatic rings. The molecule has 1 heterocycles. The molecule has 28 heavy (non-hydrogen) atoms. The maximum atomic E-state index is 12.8. The van der Waals surface area contributed by atoms with Crippen molar-refractivity contribution in [3.63, 3.8) is 0 Å². The van der Waals surface area contributed by atoms with Crippen LogP contribution in [0, 0.1) is 0 Å². The van der Waals surface area contributed by atoms with Crippen LogP contribution in [-0.2, 0) is 27.8 Å². The molecule has 8 heteroatoms. The molecular weight excluding hydrogens is 378 g/mol. The number of carbonyl (C=O) groups is 1. The van der Waals surface area contributed by atoms with Crippen LogP contribution in [0.25, 0.3) is 0 Å². The Kier molecular flexibility index (Phi) is 5.91. The quantitative estimate of drug-likeness (QED) is 0.570. The summed E-state index contributed by atoms with van der Waals surface area (Å²) in [5.41, 5.74) is 2.20. The number of hydrogen-bond donors (Lipinski definition) is 0. The minimum atomic E-state index is -3.69. The third-order valence-electron chi connectivity index (χ3n) is 4.26. The predicted molar refractivity (Wildman–Crippen MR) is 104 cm³/mol. The summed E-state index contributed by atoms with van der Waals surface area (Å²) in [7, 11) is -0.903. The summed E-state index contributed by atoms with van der Waals surface area (Å²) in [5, 5.41) is 4.30. The van der Waals surface area contributed by atoms with E-state index >= 15 is 0 Å². The van der Waals surface area contributed by atoms with Crippen molar-refractivity contribution in [2.24, 2.45) is 0 Å². The van der Waals surface area contributed by atoms with Crippen LogP contribution in [0.3, 0.4) is 0 Å². The Morgan fingerprint density at radius 2 is 1.75 bits per heavy atom. The van der Waals surface area contributed by atoms with Crippen molar-refractivity contribution in [1.82, 2.24) is 14.1 Å².